The van der Waals surface area contributed by atoms with E-state index in [1.807, 2.05) is 44.2 Å². The Kier molecular flexibility index (Phi) is 6.67. The summed E-state index contributed by atoms with van der Waals surface area (Å²) in [6, 6.07) is 9.48. The normalized spacial score (nSPS) is 21.0. The second-order valence-corrected chi connectivity index (χ2v) is 11.7. The van der Waals surface area contributed by atoms with Crippen LogP contribution in [0.1, 0.15) is 62.5 Å². The van der Waals surface area contributed by atoms with Crippen LogP contribution < -0.4 is 0 Å². The first-order valence-electron chi connectivity index (χ1n) is 12.9. The molecule has 1 aromatic carbocycles. The van der Waals surface area contributed by atoms with Crippen LogP contribution in [0.25, 0.3) is 16.9 Å². The molecule has 0 radical (unpaired) electrons. The van der Waals surface area contributed by atoms with Gasteiger partial charge in [-0.3, -0.25) is 14.4 Å². The zero-order valence-electron chi connectivity index (χ0n) is 22.0. The third kappa shape index (κ3) is 4.75. The first-order valence-corrected chi connectivity index (χ1v) is 13.3. The number of piperazine rings is 1. The number of carbonyl (C=O) groups is 3. The van der Waals surface area contributed by atoms with Gasteiger partial charge >= 0.3 is 5.97 Å². The average Bonchev–Trinajstić information content (AvgIpc) is 3.25. The number of imidazole rings is 1. The number of halogens is 1. The van der Waals surface area contributed by atoms with E-state index < -0.39 is 17.4 Å². The fraction of sp³-hybridized carbons (Fsp3) is 0.464. The number of carboxylic acids is 1. The number of carboxylic acid groups (broad SMARTS) is 1. The minimum atomic E-state index is -0.840. The minimum Gasteiger partial charge on any atom is -0.481 e. The molecule has 2 aliphatic rings. The summed E-state index contributed by atoms with van der Waals surface area (Å²) in [4.78, 5) is 46.0. The van der Waals surface area contributed by atoms with E-state index >= 15 is 0 Å². The maximum Gasteiger partial charge on any atom is 0.306 e. The molecule has 1 saturated heterocycles. The average molecular weight is 538 g/mol. The Morgan fingerprint density at radius 3 is 2.37 bits per heavy atom. The highest BCUT2D eigenvalue weighted by molar-refractivity contribution is 6.30. The van der Waals surface area contributed by atoms with Gasteiger partial charge in [0, 0.05) is 41.7 Å². The largest absolute Gasteiger partial charge is 0.481 e. The molecule has 38 heavy (non-hydrogen) atoms. The second-order valence-electron chi connectivity index (χ2n) is 11.3. The van der Waals surface area contributed by atoms with E-state index in [1.54, 1.807) is 20.5 Å². The quantitative estimate of drug-likeness (QED) is 0.518. The number of aliphatic carboxylic acids is 1. The molecule has 1 aliphatic heterocycles. The Bertz CT molecular complexity index is 1410. The molecule has 2 amide bonds. The Labute approximate surface area is 226 Å². The molecule has 0 bridgehead atoms. The molecule has 1 aliphatic carbocycles. The van der Waals surface area contributed by atoms with E-state index in [9.17, 15) is 14.4 Å². The zero-order valence-corrected chi connectivity index (χ0v) is 22.8. The molecule has 3 aromatic rings. The van der Waals surface area contributed by atoms with Gasteiger partial charge in [-0.1, -0.05) is 37.6 Å². The van der Waals surface area contributed by atoms with Gasteiger partial charge in [-0.05, 0) is 50.8 Å². The molecule has 0 unspecified atom stereocenters. The molecule has 0 spiro atoms. The van der Waals surface area contributed by atoms with Crippen molar-refractivity contribution in [3.63, 3.8) is 0 Å². The number of amides is 2. The van der Waals surface area contributed by atoms with E-state index in [0.717, 1.165) is 16.8 Å². The summed E-state index contributed by atoms with van der Waals surface area (Å²) in [5.74, 6) is -1.58. The summed E-state index contributed by atoms with van der Waals surface area (Å²) < 4.78 is 1.68. The van der Waals surface area contributed by atoms with Crippen LogP contribution in [-0.4, -0.2) is 72.5 Å². The molecule has 1 saturated carbocycles. The summed E-state index contributed by atoms with van der Waals surface area (Å²) in [6.07, 6.45) is 2.45. The maximum absolute atomic E-state index is 13.7. The lowest BCUT2D eigenvalue weighted by Gasteiger charge is -2.48. The minimum absolute atomic E-state index is 0.0177. The van der Waals surface area contributed by atoms with Gasteiger partial charge in [-0.2, -0.15) is 5.10 Å². The van der Waals surface area contributed by atoms with Crippen LogP contribution in [0, 0.1) is 11.8 Å². The maximum atomic E-state index is 13.7. The van der Waals surface area contributed by atoms with Crippen LogP contribution >= 0.6 is 11.6 Å². The fourth-order valence-electron chi connectivity index (χ4n) is 5.43. The zero-order chi connectivity index (χ0) is 27.4. The topological polar surface area (TPSA) is 108 Å². The van der Waals surface area contributed by atoms with E-state index in [1.165, 1.54) is 0 Å². The number of aromatic nitrogens is 3. The third-order valence-electron chi connectivity index (χ3n) is 7.73. The molecule has 3 heterocycles. The van der Waals surface area contributed by atoms with Crippen LogP contribution in [0.3, 0.4) is 0 Å². The van der Waals surface area contributed by atoms with Crippen LogP contribution in [0.15, 0.2) is 36.5 Å². The monoisotopic (exact) mass is 537 g/mol. The molecule has 2 aromatic heterocycles. The molecule has 2 fully saturated rings. The van der Waals surface area contributed by atoms with Gasteiger partial charge in [0.1, 0.15) is 5.69 Å². The number of rotatable bonds is 5. The van der Waals surface area contributed by atoms with Crippen molar-refractivity contribution in [1.82, 2.24) is 24.4 Å². The molecule has 9 nitrogen and oxygen atoms in total. The van der Waals surface area contributed by atoms with Crippen molar-refractivity contribution in [2.45, 2.75) is 52.0 Å². The van der Waals surface area contributed by atoms with E-state index in [2.05, 4.69) is 13.8 Å². The van der Waals surface area contributed by atoms with Gasteiger partial charge in [-0.25, -0.2) is 9.50 Å². The highest BCUT2D eigenvalue weighted by Gasteiger charge is 2.45. The third-order valence-corrected chi connectivity index (χ3v) is 7.98. The SMILES string of the molecule is CC(C)c1cc(-c2ccc(Cl)cc2)nn2cc(C(=O)N3CCN(C(=O)C4CC(C(=O)O)C4)CC3(C)C)nc12. The molecule has 5 rings (SSSR count). The first kappa shape index (κ1) is 26.2. The summed E-state index contributed by atoms with van der Waals surface area (Å²) in [7, 11) is 0. The number of carbonyl (C=O) groups excluding carboxylic acids is 2. The summed E-state index contributed by atoms with van der Waals surface area (Å²) in [5, 5.41) is 14.5. The van der Waals surface area contributed by atoms with E-state index in [-0.39, 0.29) is 23.7 Å². The van der Waals surface area contributed by atoms with Gasteiger partial charge in [0.15, 0.2) is 5.65 Å². The molecule has 0 atom stereocenters. The Hall–Kier alpha value is -3.46. The smallest absolute Gasteiger partial charge is 0.306 e. The van der Waals surface area contributed by atoms with Crippen molar-refractivity contribution in [3.8, 4) is 11.3 Å². The van der Waals surface area contributed by atoms with Gasteiger partial charge in [-0.15, -0.1) is 0 Å². The number of nitrogens with zero attached hydrogens (tertiary/aromatic N) is 5. The van der Waals surface area contributed by atoms with Gasteiger partial charge in [0.2, 0.25) is 5.91 Å². The van der Waals surface area contributed by atoms with Crippen LogP contribution in [0.5, 0.6) is 0 Å². The standard InChI is InChI=1S/C28H32ClN5O4/c1-16(2)21-13-22(17-5-7-20(29)8-6-17)31-34-14-23(30-24(21)34)26(36)33-10-9-32(15-28(33,3)4)25(35)18-11-19(12-18)27(37)38/h5-8,13-14,16,18-19H,9-12,15H2,1-4H3,(H,37,38). The molecule has 10 heteroatoms. The van der Waals surface area contributed by atoms with Crippen molar-refractivity contribution in [1.29, 1.82) is 0 Å². The first-order chi connectivity index (χ1) is 17.9. The number of benzene rings is 1. The lowest BCUT2D eigenvalue weighted by Crippen LogP contribution is -2.63. The van der Waals surface area contributed by atoms with Crippen LogP contribution in [0.4, 0.5) is 0 Å². The molecule has 200 valence electrons. The highest BCUT2D eigenvalue weighted by Crippen LogP contribution is 2.36. The summed E-state index contributed by atoms with van der Waals surface area (Å²) in [5.41, 5.74) is 3.01. The van der Waals surface area contributed by atoms with Crippen molar-refractivity contribution >= 4 is 35.0 Å². The lowest BCUT2D eigenvalue weighted by atomic mass is 9.74. The van der Waals surface area contributed by atoms with E-state index in [0.29, 0.717) is 48.8 Å². The Morgan fingerprint density at radius 1 is 1.08 bits per heavy atom. The van der Waals surface area contributed by atoms with Crippen molar-refractivity contribution < 1.29 is 19.5 Å². The van der Waals surface area contributed by atoms with Crippen LogP contribution in [-0.2, 0) is 9.59 Å². The lowest BCUT2D eigenvalue weighted by molar-refractivity contribution is -0.153. The predicted molar refractivity (Wildman–Crippen MR) is 143 cm³/mol. The fourth-order valence-corrected chi connectivity index (χ4v) is 5.55. The summed E-state index contributed by atoms with van der Waals surface area (Å²) in [6.45, 7) is 9.21. The Morgan fingerprint density at radius 2 is 1.76 bits per heavy atom. The van der Waals surface area contributed by atoms with Gasteiger partial charge < -0.3 is 14.9 Å². The van der Waals surface area contributed by atoms with Crippen molar-refractivity contribution in [3.05, 3.63) is 52.8 Å². The number of fused-ring (bicyclic) bond motifs is 1. The highest BCUT2D eigenvalue weighted by atomic mass is 35.5. The molecular formula is C28H32ClN5O4. The number of hydrogen-bond donors (Lipinski definition) is 1. The second kappa shape index (κ2) is 9.69. The molecular weight excluding hydrogens is 506 g/mol. The van der Waals surface area contributed by atoms with Crippen LogP contribution in [0.2, 0.25) is 5.02 Å². The van der Waals surface area contributed by atoms with E-state index in [4.69, 9.17) is 26.8 Å². The van der Waals surface area contributed by atoms with Gasteiger partial charge in [0.25, 0.3) is 5.91 Å². The summed E-state index contributed by atoms with van der Waals surface area (Å²) >= 11 is 6.06. The number of hydrogen-bond acceptors (Lipinski definition) is 5. The Balaban J connectivity index is 1.37. The van der Waals surface area contributed by atoms with Gasteiger partial charge in [0.05, 0.1) is 23.3 Å². The molecule has 1 N–H and O–H groups in total. The predicted octanol–water partition coefficient (Wildman–Crippen LogP) is 4.35. The van der Waals surface area contributed by atoms with Crippen molar-refractivity contribution in [2.24, 2.45) is 11.8 Å². The van der Waals surface area contributed by atoms with Crippen molar-refractivity contribution in [2.75, 3.05) is 19.6 Å².